The van der Waals surface area contributed by atoms with E-state index in [0.29, 0.717) is 18.1 Å². The van der Waals surface area contributed by atoms with Crippen molar-refractivity contribution < 1.29 is 5.11 Å². The molecule has 1 aliphatic rings. The predicted molar refractivity (Wildman–Crippen MR) is 49.6 cm³/mol. The molecule has 72 valence electrons. The quantitative estimate of drug-likeness (QED) is 0.670. The maximum atomic E-state index is 9.35. The molecule has 5 nitrogen and oxygen atoms in total. The third-order valence-electron chi connectivity index (χ3n) is 2.25. The van der Waals surface area contributed by atoms with Gasteiger partial charge in [0.25, 0.3) is 0 Å². The zero-order valence-corrected chi connectivity index (χ0v) is 7.59. The summed E-state index contributed by atoms with van der Waals surface area (Å²) in [4.78, 5) is 9.90. The fraction of sp³-hybridized carbons (Fsp3) is 0.444. The maximum absolute atomic E-state index is 9.35. The van der Waals surface area contributed by atoms with E-state index in [-0.39, 0.29) is 6.10 Å². The Kier molecular flexibility index (Phi) is 2.29. The summed E-state index contributed by atoms with van der Waals surface area (Å²) in [5, 5.41) is 18.2. The van der Waals surface area contributed by atoms with Crippen LogP contribution in [0, 0.1) is 11.3 Å². The molecule has 5 heteroatoms. The summed E-state index contributed by atoms with van der Waals surface area (Å²) in [7, 11) is 0. The fourth-order valence-electron chi connectivity index (χ4n) is 1.58. The maximum Gasteiger partial charge on any atom is 0.183 e. The topological polar surface area (TPSA) is 73.0 Å². The molecule has 1 atom stereocenters. The number of rotatable bonds is 1. The lowest BCUT2D eigenvalue weighted by molar-refractivity contribution is 0.198. The third-order valence-corrected chi connectivity index (χ3v) is 2.25. The molecule has 0 amide bonds. The molecule has 1 fully saturated rings. The third kappa shape index (κ3) is 1.52. The fourth-order valence-corrected chi connectivity index (χ4v) is 1.58. The summed E-state index contributed by atoms with van der Waals surface area (Å²) in [6, 6.07) is 1.99. The van der Waals surface area contributed by atoms with Crippen molar-refractivity contribution in [1.82, 2.24) is 9.97 Å². The molecule has 0 bridgehead atoms. The molecule has 2 heterocycles. The molecule has 14 heavy (non-hydrogen) atoms. The first kappa shape index (κ1) is 8.91. The van der Waals surface area contributed by atoms with E-state index in [1.807, 2.05) is 11.0 Å². The van der Waals surface area contributed by atoms with Crippen LogP contribution in [0.3, 0.4) is 0 Å². The molecule has 1 unspecified atom stereocenters. The molecular formula is C9H10N4O. The number of aliphatic hydroxyl groups is 1. The standard InChI is InChI=1S/C9H10N4O/c10-5-8-9(12-3-2-11-8)13-4-1-7(14)6-13/h2-3,7,14H,1,4,6H2. The highest BCUT2D eigenvalue weighted by Gasteiger charge is 2.23. The van der Waals surface area contributed by atoms with E-state index in [9.17, 15) is 5.11 Å². The number of hydrogen-bond donors (Lipinski definition) is 1. The number of nitriles is 1. The van der Waals surface area contributed by atoms with Crippen molar-refractivity contribution in [3.63, 3.8) is 0 Å². The first-order chi connectivity index (χ1) is 6.81. The average Bonchev–Trinajstić information content (AvgIpc) is 2.65. The van der Waals surface area contributed by atoms with Crippen LogP contribution in [0.4, 0.5) is 5.82 Å². The summed E-state index contributed by atoms with van der Waals surface area (Å²) in [5.74, 6) is 0.576. The zero-order valence-electron chi connectivity index (χ0n) is 7.59. The Balaban J connectivity index is 2.28. The lowest BCUT2D eigenvalue weighted by Crippen LogP contribution is -2.23. The highest BCUT2D eigenvalue weighted by atomic mass is 16.3. The second kappa shape index (κ2) is 3.60. The van der Waals surface area contributed by atoms with Crippen LogP contribution in [0.1, 0.15) is 12.1 Å². The van der Waals surface area contributed by atoms with Crippen LogP contribution in [-0.4, -0.2) is 34.3 Å². The summed E-state index contributed by atoms with van der Waals surface area (Å²) >= 11 is 0. The van der Waals surface area contributed by atoms with Crippen molar-refractivity contribution in [3.05, 3.63) is 18.1 Å². The van der Waals surface area contributed by atoms with Crippen LogP contribution in [0.5, 0.6) is 0 Å². The van der Waals surface area contributed by atoms with Crippen LogP contribution in [0.25, 0.3) is 0 Å². The Labute approximate surface area is 81.6 Å². The summed E-state index contributed by atoms with van der Waals surface area (Å²) < 4.78 is 0. The van der Waals surface area contributed by atoms with Crippen LogP contribution >= 0.6 is 0 Å². The number of aromatic nitrogens is 2. The minimum Gasteiger partial charge on any atom is -0.391 e. The lowest BCUT2D eigenvalue weighted by atomic mass is 10.3. The zero-order chi connectivity index (χ0) is 9.97. The molecule has 1 N–H and O–H groups in total. The van der Waals surface area contributed by atoms with Crippen LogP contribution in [-0.2, 0) is 0 Å². The van der Waals surface area contributed by atoms with Crippen molar-refractivity contribution >= 4 is 5.82 Å². The Hall–Kier alpha value is -1.67. The highest BCUT2D eigenvalue weighted by Crippen LogP contribution is 2.19. The average molecular weight is 190 g/mol. The molecule has 0 saturated carbocycles. The molecule has 0 aliphatic carbocycles. The van der Waals surface area contributed by atoms with Crippen LogP contribution < -0.4 is 4.90 Å². The Morgan fingerprint density at radius 2 is 2.29 bits per heavy atom. The highest BCUT2D eigenvalue weighted by molar-refractivity contribution is 5.50. The van der Waals surface area contributed by atoms with Crippen molar-refractivity contribution in [2.24, 2.45) is 0 Å². The predicted octanol–water partition coefficient (Wildman–Crippen LogP) is -0.0807. The van der Waals surface area contributed by atoms with Gasteiger partial charge < -0.3 is 10.0 Å². The van der Waals surface area contributed by atoms with Crippen molar-refractivity contribution in [2.45, 2.75) is 12.5 Å². The molecular weight excluding hydrogens is 180 g/mol. The lowest BCUT2D eigenvalue weighted by Gasteiger charge is -2.16. The van der Waals surface area contributed by atoms with Gasteiger partial charge in [0.15, 0.2) is 11.5 Å². The first-order valence-electron chi connectivity index (χ1n) is 4.45. The molecule has 0 radical (unpaired) electrons. The van der Waals surface area contributed by atoms with Gasteiger partial charge >= 0.3 is 0 Å². The summed E-state index contributed by atoms with van der Waals surface area (Å²) in [5.41, 5.74) is 0.321. The van der Waals surface area contributed by atoms with E-state index >= 15 is 0 Å². The summed E-state index contributed by atoms with van der Waals surface area (Å²) in [6.07, 6.45) is 3.46. The van der Waals surface area contributed by atoms with Gasteiger partial charge in [0.1, 0.15) is 6.07 Å². The van der Waals surface area contributed by atoms with E-state index < -0.39 is 0 Å². The van der Waals surface area contributed by atoms with Crippen molar-refractivity contribution in [3.8, 4) is 6.07 Å². The van der Waals surface area contributed by atoms with Gasteiger partial charge in [-0.1, -0.05) is 0 Å². The van der Waals surface area contributed by atoms with Gasteiger partial charge in [-0.15, -0.1) is 0 Å². The van der Waals surface area contributed by atoms with Crippen molar-refractivity contribution in [2.75, 3.05) is 18.0 Å². The molecule has 2 rings (SSSR count). The Morgan fingerprint density at radius 1 is 1.50 bits per heavy atom. The number of hydrogen-bond acceptors (Lipinski definition) is 5. The summed E-state index contributed by atoms with van der Waals surface area (Å²) in [6.45, 7) is 1.27. The molecule has 1 aliphatic heterocycles. The van der Waals surface area contributed by atoms with Gasteiger partial charge in [-0.05, 0) is 6.42 Å². The first-order valence-corrected chi connectivity index (χ1v) is 4.45. The molecule has 0 aromatic carbocycles. The van der Waals surface area contributed by atoms with E-state index in [1.54, 1.807) is 6.20 Å². The van der Waals surface area contributed by atoms with E-state index in [4.69, 9.17) is 5.26 Å². The minimum atomic E-state index is -0.316. The Morgan fingerprint density at radius 3 is 2.93 bits per heavy atom. The second-order valence-electron chi connectivity index (χ2n) is 3.23. The van der Waals surface area contributed by atoms with Gasteiger partial charge in [-0.2, -0.15) is 5.26 Å². The molecule has 1 aromatic rings. The molecule has 1 aromatic heterocycles. The van der Waals surface area contributed by atoms with E-state index in [2.05, 4.69) is 9.97 Å². The number of β-amino-alcohol motifs (C(OH)–C–C–N with tert-alkyl or cyclic N) is 1. The van der Waals surface area contributed by atoms with Gasteiger partial charge in [0, 0.05) is 25.5 Å². The Bertz CT molecular complexity index is 373. The number of nitrogens with zero attached hydrogens (tertiary/aromatic N) is 4. The monoisotopic (exact) mass is 190 g/mol. The van der Waals surface area contributed by atoms with Gasteiger partial charge in [0.2, 0.25) is 0 Å². The normalized spacial score (nSPS) is 20.9. The SMILES string of the molecule is N#Cc1nccnc1N1CCC(O)C1. The van der Waals surface area contributed by atoms with E-state index in [0.717, 1.165) is 13.0 Å². The number of aliphatic hydroxyl groups excluding tert-OH is 1. The van der Waals surface area contributed by atoms with Gasteiger partial charge in [0.05, 0.1) is 6.10 Å². The minimum absolute atomic E-state index is 0.316. The molecule has 0 spiro atoms. The van der Waals surface area contributed by atoms with E-state index in [1.165, 1.54) is 6.20 Å². The largest absolute Gasteiger partial charge is 0.391 e. The number of anilines is 1. The van der Waals surface area contributed by atoms with Crippen LogP contribution in [0.2, 0.25) is 0 Å². The van der Waals surface area contributed by atoms with Gasteiger partial charge in [-0.25, -0.2) is 9.97 Å². The van der Waals surface area contributed by atoms with Crippen molar-refractivity contribution in [1.29, 1.82) is 5.26 Å². The smallest absolute Gasteiger partial charge is 0.183 e. The molecule has 1 saturated heterocycles. The second-order valence-corrected chi connectivity index (χ2v) is 3.23. The van der Waals surface area contributed by atoms with Gasteiger partial charge in [-0.3, -0.25) is 0 Å². The van der Waals surface area contributed by atoms with Crippen LogP contribution in [0.15, 0.2) is 12.4 Å².